The van der Waals surface area contributed by atoms with Gasteiger partial charge in [-0.3, -0.25) is 0 Å². The highest BCUT2D eigenvalue weighted by molar-refractivity contribution is 5.91. The van der Waals surface area contributed by atoms with Crippen molar-refractivity contribution in [2.24, 2.45) is 0 Å². The van der Waals surface area contributed by atoms with Crippen molar-refractivity contribution in [3.63, 3.8) is 0 Å². The number of anilines is 6. The average Bonchev–Trinajstić information content (AvgIpc) is 3.01. The molecule has 7 rings (SSSR count). The zero-order chi connectivity index (χ0) is 29.2. The molecule has 5 aromatic rings. The lowest BCUT2D eigenvalue weighted by Crippen LogP contribution is -2.31. The van der Waals surface area contributed by atoms with E-state index in [1.807, 2.05) is 0 Å². The monoisotopic (exact) mass is 548 g/mol. The summed E-state index contributed by atoms with van der Waals surface area (Å²) in [4.78, 5) is 4.99. The number of hydrogen-bond acceptors (Lipinski definition) is 2. The molecule has 0 aliphatic carbocycles. The highest BCUT2D eigenvalue weighted by Gasteiger charge is 2.39. The van der Waals surface area contributed by atoms with Crippen LogP contribution in [0.25, 0.3) is 0 Å². The van der Waals surface area contributed by atoms with Crippen LogP contribution in [0.15, 0.2) is 115 Å². The third kappa shape index (κ3) is 3.85. The number of hydrogen-bond donors (Lipinski definition) is 0. The minimum atomic E-state index is -0.0861. The van der Waals surface area contributed by atoms with E-state index in [1.54, 1.807) is 0 Å². The maximum atomic E-state index is 2.50. The second-order valence-electron chi connectivity index (χ2n) is 13.1. The molecule has 2 nitrogen and oxygen atoms in total. The van der Waals surface area contributed by atoms with Crippen molar-refractivity contribution in [2.75, 3.05) is 9.80 Å². The maximum Gasteiger partial charge on any atom is 0.0502 e. The molecule has 2 aliphatic heterocycles. The summed E-state index contributed by atoms with van der Waals surface area (Å²) in [6, 6.07) is 43.0. The first kappa shape index (κ1) is 26.6. The lowest BCUT2D eigenvalue weighted by Gasteiger charge is -2.43. The number of fused-ring (bicyclic) bond motifs is 4. The first-order valence-corrected chi connectivity index (χ1v) is 15.4. The van der Waals surface area contributed by atoms with Gasteiger partial charge in [0.25, 0.3) is 0 Å². The maximum absolute atomic E-state index is 2.50. The molecule has 0 amide bonds. The Hall–Kier alpha value is -4.30. The molecule has 0 aromatic heterocycles. The summed E-state index contributed by atoms with van der Waals surface area (Å²) in [5.41, 5.74) is 14.1. The Morgan fingerprint density at radius 2 is 0.810 bits per heavy atom. The highest BCUT2D eigenvalue weighted by atomic mass is 15.2. The first-order chi connectivity index (χ1) is 20.2. The molecule has 2 aliphatic rings. The normalized spacial score (nSPS) is 16.6. The van der Waals surface area contributed by atoms with Crippen LogP contribution in [0, 0.1) is 0 Å². The van der Waals surface area contributed by atoms with Gasteiger partial charge in [0.05, 0.1) is 22.7 Å². The molecule has 0 saturated heterocycles. The Morgan fingerprint density at radius 1 is 0.500 bits per heavy atom. The molecule has 0 radical (unpaired) electrons. The molecule has 2 heterocycles. The van der Waals surface area contributed by atoms with Gasteiger partial charge in [0, 0.05) is 22.2 Å². The molecule has 0 fully saturated rings. The molecule has 0 spiro atoms. The largest absolute Gasteiger partial charge is 0.310 e. The van der Waals surface area contributed by atoms with Crippen LogP contribution in [-0.4, -0.2) is 0 Å². The van der Waals surface area contributed by atoms with E-state index in [2.05, 4.69) is 167 Å². The van der Waals surface area contributed by atoms with Crippen LogP contribution in [0.2, 0.25) is 0 Å². The van der Waals surface area contributed by atoms with Crippen molar-refractivity contribution in [1.82, 2.24) is 0 Å². The zero-order valence-electron chi connectivity index (χ0n) is 25.6. The summed E-state index contributed by atoms with van der Waals surface area (Å²) in [5.74, 6) is 0.433. The predicted octanol–water partition coefficient (Wildman–Crippen LogP) is 11.4. The molecular formula is C40H40N2. The van der Waals surface area contributed by atoms with Crippen molar-refractivity contribution >= 4 is 34.1 Å². The van der Waals surface area contributed by atoms with Crippen LogP contribution < -0.4 is 9.80 Å². The van der Waals surface area contributed by atoms with E-state index >= 15 is 0 Å². The molecule has 210 valence electrons. The van der Waals surface area contributed by atoms with E-state index in [-0.39, 0.29) is 10.8 Å². The fourth-order valence-electron chi connectivity index (χ4n) is 7.29. The van der Waals surface area contributed by atoms with Crippen molar-refractivity contribution in [3.05, 3.63) is 143 Å². The second kappa shape index (κ2) is 9.63. The van der Waals surface area contributed by atoms with E-state index in [0.717, 1.165) is 6.42 Å². The fraction of sp³-hybridized carbons (Fsp3) is 0.250. The first-order valence-electron chi connectivity index (χ1n) is 15.4. The van der Waals surface area contributed by atoms with Crippen molar-refractivity contribution < 1.29 is 0 Å². The Kier molecular flexibility index (Phi) is 6.10. The van der Waals surface area contributed by atoms with Gasteiger partial charge in [0.1, 0.15) is 0 Å². The van der Waals surface area contributed by atoms with Gasteiger partial charge in [0.2, 0.25) is 0 Å². The molecular weight excluding hydrogens is 508 g/mol. The van der Waals surface area contributed by atoms with Crippen LogP contribution in [0.1, 0.15) is 81.7 Å². The molecule has 0 N–H and O–H groups in total. The smallest absolute Gasteiger partial charge is 0.0502 e. The van der Waals surface area contributed by atoms with Crippen molar-refractivity contribution in [3.8, 4) is 0 Å². The summed E-state index contributed by atoms with van der Waals surface area (Å²) in [7, 11) is 0. The third-order valence-corrected chi connectivity index (χ3v) is 9.90. The van der Waals surface area contributed by atoms with Gasteiger partial charge in [-0.25, -0.2) is 0 Å². The number of rotatable bonds is 4. The average molecular weight is 549 g/mol. The zero-order valence-corrected chi connectivity index (χ0v) is 25.6. The SMILES string of the molecule is CCC(C)c1cc(N2c3ccccc3C(C)(C)c3ccccc32)cc(N2c3ccccc3C(C)(C)c3ccccc32)c1. The molecule has 42 heavy (non-hydrogen) atoms. The van der Waals surface area contributed by atoms with Crippen molar-refractivity contribution in [2.45, 2.75) is 64.7 Å². The molecule has 2 heteroatoms. The summed E-state index contributed by atoms with van der Waals surface area (Å²) in [6.45, 7) is 14.1. The van der Waals surface area contributed by atoms with Gasteiger partial charge < -0.3 is 9.80 Å². The molecule has 0 saturated carbocycles. The quantitative estimate of drug-likeness (QED) is 0.220. The van der Waals surface area contributed by atoms with Gasteiger partial charge in [-0.2, -0.15) is 0 Å². The summed E-state index contributed by atoms with van der Waals surface area (Å²) >= 11 is 0. The second-order valence-corrected chi connectivity index (χ2v) is 13.1. The minimum Gasteiger partial charge on any atom is -0.310 e. The number of para-hydroxylation sites is 4. The number of nitrogens with zero attached hydrogens (tertiary/aromatic N) is 2. The Morgan fingerprint density at radius 3 is 1.12 bits per heavy atom. The van der Waals surface area contributed by atoms with Gasteiger partial charge in [-0.1, -0.05) is 114 Å². The Balaban J connectivity index is 1.51. The Labute approximate surface area is 251 Å². The molecule has 1 atom stereocenters. The minimum absolute atomic E-state index is 0.0861. The highest BCUT2D eigenvalue weighted by Crippen LogP contribution is 2.55. The van der Waals surface area contributed by atoms with Crippen LogP contribution >= 0.6 is 0 Å². The van der Waals surface area contributed by atoms with Gasteiger partial charge in [-0.05, 0) is 82.6 Å². The van der Waals surface area contributed by atoms with Crippen molar-refractivity contribution in [1.29, 1.82) is 0 Å². The summed E-state index contributed by atoms with van der Waals surface area (Å²) in [5, 5.41) is 0. The van der Waals surface area contributed by atoms with Crippen LogP contribution in [0.4, 0.5) is 34.1 Å². The van der Waals surface area contributed by atoms with Crippen LogP contribution in [0.5, 0.6) is 0 Å². The van der Waals surface area contributed by atoms with Crippen LogP contribution in [0.3, 0.4) is 0 Å². The standard InChI is InChI=1S/C40H40N2/c1-7-27(2)28-24-29(41-35-20-12-8-16-31(35)39(3,4)32-17-9-13-21-36(32)41)26-30(25-28)42-37-22-14-10-18-33(37)40(5,6)34-19-11-15-23-38(34)42/h8-27H,7H2,1-6H3. The lowest BCUT2D eigenvalue weighted by atomic mass is 9.73. The van der Waals surface area contributed by atoms with E-state index in [1.165, 1.54) is 61.9 Å². The van der Waals surface area contributed by atoms with E-state index in [9.17, 15) is 0 Å². The predicted molar refractivity (Wildman–Crippen MR) is 179 cm³/mol. The van der Waals surface area contributed by atoms with Gasteiger partial charge in [0.15, 0.2) is 0 Å². The Bertz CT molecular complexity index is 1590. The lowest BCUT2D eigenvalue weighted by molar-refractivity contribution is 0.631. The summed E-state index contributed by atoms with van der Waals surface area (Å²) < 4.78 is 0. The van der Waals surface area contributed by atoms with E-state index in [0.29, 0.717) is 5.92 Å². The van der Waals surface area contributed by atoms with E-state index < -0.39 is 0 Å². The molecule has 0 bridgehead atoms. The van der Waals surface area contributed by atoms with Gasteiger partial charge >= 0.3 is 0 Å². The summed E-state index contributed by atoms with van der Waals surface area (Å²) in [6.07, 6.45) is 1.09. The third-order valence-electron chi connectivity index (χ3n) is 9.90. The van der Waals surface area contributed by atoms with Gasteiger partial charge in [-0.15, -0.1) is 0 Å². The molecule has 5 aromatic carbocycles. The van der Waals surface area contributed by atoms with E-state index in [4.69, 9.17) is 0 Å². The van der Waals surface area contributed by atoms with Crippen LogP contribution in [-0.2, 0) is 10.8 Å². The fourth-order valence-corrected chi connectivity index (χ4v) is 7.29. The number of benzene rings is 5. The topological polar surface area (TPSA) is 6.48 Å². The molecule has 1 unspecified atom stereocenters.